The molecule has 0 aliphatic carbocycles. The average Bonchev–Trinajstić information content (AvgIpc) is 2.67. The van der Waals surface area contributed by atoms with E-state index in [0.717, 1.165) is 11.3 Å². The second kappa shape index (κ2) is 9.96. The Morgan fingerprint density at radius 2 is 1.63 bits per heavy atom. The van der Waals surface area contributed by atoms with Crippen molar-refractivity contribution in [2.75, 3.05) is 17.7 Å². The Morgan fingerprint density at radius 3 is 2.26 bits per heavy atom. The summed E-state index contributed by atoms with van der Waals surface area (Å²) >= 11 is 0. The van der Waals surface area contributed by atoms with Crippen LogP contribution in [0.25, 0.3) is 0 Å². The number of rotatable bonds is 8. The van der Waals surface area contributed by atoms with Gasteiger partial charge in [0.1, 0.15) is 5.75 Å². The molecule has 0 aromatic heterocycles. The topological polar surface area (TPSA) is 106 Å². The molecule has 0 fully saturated rings. The molecule has 0 spiro atoms. The third kappa shape index (κ3) is 6.81. The molecular formula is C20H24N4O3. The standard InChI is InChI=1S/C20H24N4O3/c1-3-27-18-10-8-17(9-11-18)22-19(25)12-13-20(26)24-23-14(2)15-4-6-16(21)7-5-15/h4-11H,3,12-13,21H2,1-2H3,(H,22,25)(H,24,26)/b23-14+. The number of ether oxygens (including phenoxy) is 1. The third-order valence-electron chi connectivity index (χ3n) is 3.70. The zero-order valence-corrected chi connectivity index (χ0v) is 15.5. The van der Waals surface area contributed by atoms with Crippen LogP contribution in [-0.4, -0.2) is 24.1 Å². The fourth-order valence-electron chi connectivity index (χ4n) is 2.24. The first-order valence-corrected chi connectivity index (χ1v) is 8.69. The molecule has 27 heavy (non-hydrogen) atoms. The molecule has 0 bridgehead atoms. The summed E-state index contributed by atoms with van der Waals surface area (Å²) in [6.07, 6.45) is 0.108. The summed E-state index contributed by atoms with van der Waals surface area (Å²) in [5.74, 6) is 0.171. The zero-order chi connectivity index (χ0) is 19.6. The Labute approximate surface area is 158 Å². The van der Waals surface area contributed by atoms with Crippen LogP contribution in [0.1, 0.15) is 32.3 Å². The van der Waals surface area contributed by atoms with Crippen molar-refractivity contribution >= 4 is 28.9 Å². The van der Waals surface area contributed by atoms with Gasteiger partial charge in [-0.1, -0.05) is 12.1 Å². The smallest absolute Gasteiger partial charge is 0.240 e. The lowest BCUT2D eigenvalue weighted by Gasteiger charge is -2.07. The molecule has 0 heterocycles. The number of hydrazone groups is 1. The summed E-state index contributed by atoms with van der Waals surface area (Å²) in [4.78, 5) is 23.8. The highest BCUT2D eigenvalue weighted by molar-refractivity contribution is 5.99. The summed E-state index contributed by atoms with van der Waals surface area (Å²) in [5, 5.41) is 6.78. The minimum Gasteiger partial charge on any atom is -0.494 e. The monoisotopic (exact) mass is 368 g/mol. The maximum Gasteiger partial charge on any atom is 0.240 e. The summed E-state index contributed by atoms with van der Waals surface area (Å²) in [6, 6.07) is 14.2. The molecule has 2 rings (SSSR count). The van der Waals surface area contributed by atoms with Crippen LogP contribution in [-0.2, 0) is 9.59 Å². The average molecular weight is 368 g/mol. The van der Waals surface area contributed by atoms with Crippen LogP contribution in [0.3, 0.4) is 0 Å². The second-order valence-corrected chi connectivity index (χ2v) is 5.86. The van der Waals surface area contributed by atoms with E-state index >= 15 is 0 Å². The maximum atomic E-state index is 11.9. The second-order valence-electron chi connectivity index (χ2n) is 5.86. The predicted octanol–water partition coefficient (Wildman–Crippen LogP) is 2.93. The molecule has 4 N–H and O–H groups in total. The van der Waals surface area contributed by atoms with Crippen molar-refractivity contribution < 1.29 is 14.3 Å². The SMILES string of the molecule is CCOc1ccc(NC(=O)CCC(=O)N/N=C(\C)c2ccc(N)cc2)cc1. The van der Waals surface area contributed by atoms with Gasteiger partial charge in [0.2, 0.25) is 11.8 Å². The van der Waals surface area contributed by atoms with E-state index in [4.69, 9.17) is 10.5 Å². The molecule has 7 heteroatoms. The van der Waals surface area contributed by atoms with Gasteiger partial charge >= 0.3 is 0 Å². The Kier molecular flexibility index (Phi) is 7.37. The fraction of sp³-hybridized carbons (Fsp3) is 0.250. The molecule has 0 unspecified atom stereocenters. The van der Waals surface area contributed by atoms with Crippen LogP contribution < -0.4 is 21.2 Å². The van der Waals surface area contributed by atoms with Gasteiger partial charge in [-0.2, -0.15) is 5.10 Å². The van der Waals surface area contributed by atoms with Gasteiger partial charge < -0.3 is 15.8 Å². The Balaban J connectivity index is 1.76. The fourth-order valence-corrected chi connectivity index (χ4v) is 2.24. The first kappa shape index (κ1) is 20.0. The van der Waals surface area contributed by atoms with Gasteiger partial charge in [0, 0.05) is 24.2 Å². The highest BCUT2D eigenvalue weighted by atomic mass is 16.5. The lowest BCUT2D eigenvalue weighted by molar-refractivity contribution is -0.124. The van der Waals surface area contributed by atoms with Crippen molar-refractivity contribution in [2.45, 2.75) is 26.7 Å². The number of nitrogens with two attached hydrogens (primary N) is 1. The lowest BCUT2D eigenvalue weighted by Crippen LogP contribution is -2.21. The van der Waals surface area contributed by atoms with Crippen molar-refractivity contribution in [3.63, 3.8) is 0 Å². The number of hydrogen-bond donors (Lipinski definition) is 3. The molecule has 0 aliphatic rings. The minimum atomic E-state index is -0.327. The minimum absolute atomic E-state index is 0.0430. The van der Waals surface area contributed by atoms with E-state index < -0.39 is 0 Å². The van der Waals surface area contributed by atoms with Gasteiger partial charge in [-0.25, -0.2) is 5.43 Å². The molecule has 2 aromatic carbocycles. The normalized spacial score (nSPS) is 11.0. The summed E-state index contributed by atoms with van der Waals surface area (Å²) in [6.45, 7) is 4.27. The van der Waals surface area contributed by atoms with Crippen LogP contribution >= 0.6 is 0 Å². The molecule has 0 aliphatic heterocycles. The molecule has 142 valence electrons. The molecule has 2 aromatic rings. The van der Waals surface area contributed by atoms with Gasteiger partial charge in [-0.3, -0.25) is 9.59 Å². The highest BCUT2D eigenvalue weighted by Gasteiger charge is 2.07. The largest absolute Gasteiger partial charge is 0.494 e. The molecule has 7 nitrogen and oxygen atoms in total. The first-order chi connectivity index (χ1) is 13.0. The molecule has 0 saturated carbocycles. The number of hydrogen-bond acceptors (Lipinski definition) is 5. The third-order valence-corrected chi connectivity index (χ3v) is 3.70. The van der Waals surface area contributed by atoms with Gasteiger partial charge in [0.25, 0.3) is 0 Å². The molecule has 0 saturated heterocycles. The Bertz CT molecular complexity index is 799. The molecule has 0 radical (unpaired) electrons. The summed E-state index contributed by atoms with van der Waals surface area (Å²) < 4.78 is 5.34. The van der Waals surface area contributed by atoms with Crippen LogP contribution in [0.4, 0.5) is 11.4 Å². The van der Waals surface area contributed by atoms with E-state index in [1.54, 1.807) is 43.3 Å². The number of benzene rings is 2. The van der Waals surface area contributed by atoms with Crippen molar-refractivity contribution in [1.29, 1.82) is 0 Å². The highest BCUT2D eigenvalue weighted by Crippen LogP contribution is 2.15. The van der Waals surface area contributed by atoms with Gasteiger partial charge in [-0.05, 0) is 55.8 Å². The van der Waals surface area contributed by atoms with E-state index in [2.05, 4.69) is 15.8 Å². The van der Waals surface area contributed by atoms with E-state index in [-0.39, 0.29) is 24.7 Å². The number of nitrogen functional groups attached to an aromatic ring is 1. The van der Waals surface area contributed by atoms with Gasteiger partial charge in [0.05, 0.1) is 12.3 Å². The zero-order valence-electron chi connectivity index (χ0n) is 15.5. The number of carbonyl (C=O) groups excluding carboxylic acids is 2. The van der Waals surface area contributed by atoms with E-state index in [1.807, 2.05) is 19.1 Å². The number of anilines is 2. The maximum absolute atomic E-state index is 11.9. The Hall–Kier alpha value is -3.35. The van der Waals surface area contributed by atoms with Crippen LogP contribution in [0.2, 0.25) is 0 Å². The van der Waals surface area contributed by atoms with Crippen molar-refractivity contribution in [3.8, 4) is 5.75 Å². The number of amides is 2. The van der Waals surface area contributed by atoms with E-state index in [0.29, 0.717) is 23.7 Å². The first-order valence-electron chi connectivity index (χ1n) is 8.69. The van der Waals surface area contributed by atoms with Crippen molar-refractivity contribution in [3.05, 3.63) is 54.1 Å². The number of nitrogens with zero attached hydrogens (tertiary/aromatic N) is 1. The van der Waals surface area contributed by atoms with Crippen molar-refractivity contribution in [2.24, 2.45) is 5.10 Å². The Morgan fingerprint density at radius 1 is 1.00 bits per heavy atom. The quantitative estimate of drug-likeness (QED) is 0.378. The van der Waals surface area contributed by atoms with Gasteiger partial charge in [-0.15, -0.1) is 0 Å². The van der Waals surface area contributed by atoms with Crippen LogP contribution in [0, 0.1) is 0 Å². The van der Waals surface area contributed by atoms with E-state index in [9.17, 15) is 9.59 Å². The summed E-state index contributed by atoms with van der Waals surface area (Å²) in [7, 11) is 0. The lowest BCUT2D eigenvalue weighted by atomic mass is 10.1. The van der Waals surface area contributed by atoms with Crippen LogP contribution in [0.5, 0.6) is 5.75 Å². The van der Waals surface area contributed by atoms with E-state index in [1.165, 1.54) is 0 Å². The molecule has 2 amide bonds. The number of nitrogens with one attached hydrogen (secondary N) is 2. The van der Waals surface area contributed by atoms with Gasteiger partial charge in [0.15, 0.2) is 0 Å². The predicted molar refractivity (Wildman–Crippen MR) is 107 cm³/mol. The number of carbonyl (C=O) groups is 2. The van der Waals surface area contributed by atoms with Crippen LogP contribution in [0.15, 0.2) is 53.6 Å². The summed E-state index contributed by atoms with van der Waals surface area (Å²) in [5.41, 5.74) is 10.9. The molecular weight excluding hydrogens is 344 g/mol. The molecule has 0 atom stereocenters. The van der Waals surface area contributed by atoms with Crippen molar-refractivity contribution in [1.82, 2.24) is 5.43 Å².